The summed E-state index contributed by atoms with van der Waals surface area (Å²) in [5, 5.41) is 0.177. The predicted molar refractivity (Wildman–Crippen MR) is 81.1 cm³/mol. The molecule has 0 radical (unpaired) electrons. The lowest BCUT2D eigenvalue weighted by Crippen LogP contribution is -2.36. The average Bonchev–Trinajstić information content (AvgIpc) is 3.22. The topological polar surface area (TPSA) is 63.4 Å². The van der Waals surface area contributed by atoms with Gasteiger partial charge in [-0.05, 0) is 30.9 Å². The average molecular weight is 335 g/mol. The molecule has 1 fully saturated rings. The molecule has 2 N–H and O–H groups in total. The first-order valence-corrected chi connectivity index (χ1v) is 8.79. The third kappa shape index (κ3) is 3.56. The summed E-state index contributed by atoms with van der Waals surface area (Å²) in [5.41, 5.74) is 5.57. The minimum Gasteiger partial charge on any atom is -0.326 e. The zero-order valence-corrected chi connectivity index (χ0v) is 13.7. The van der Waals surface area contributed by atoms with E-state index in [1.807, 2.05) is 13.8 Å². The molecule has 0 bridgehead atoms. The molecule has 0 spiro atoms. The molecule has 1 aromatic rings. The van der Waals surface area contributed by atoms with Crippen LogP contribution in [0.3, 0.4) is 0 Å². The lowest BCUT2D eigenvalue weighted by molar-refractivity contribution is 0.358. The van der Waals surface area contributed by atoms with Gasteiger partial charge < -0.3 is 5.73 Å². The maximum absolute atomic E-state index is 14.4. The highest BCUT2D eigenvalue weighted by Crippen LogP contribution is 2.34. The molecule has 1 saturated carbocycles. The van der Waals surface area contributed by atoms with Gasteiger partial charge in [0.2, 0.25) is 10.0 Å². The first kappa shape index (κ1) is 16.7. The van der Waals surface area contributed by atoms with Crippen LogP contribution in [0.4, 0.5) is 4.39 Å². The Morgan fingerprint density at radius 2 is 2.05 bits per heavy atom. The van der Waals surface area contributed by atoms with Gasteiger partial charge in [0.1, 0.15) is 10.7 Å². The Balaban J connectivity index is 2.49. The van der Waals surface area contributed by atoms with Gasteiger partial charge in [-0.3, -0.25) is 0 Å². The van der Waals surface area contributed by atoms with Crippen LogP contribution in [-0.2, 0) is 16.6 Å². The number of benzene rings is 1. The molecular formula is C14H20ClFN2O2S. The summed E-state index contributed by atoms with van der Waals surface area (Å²) < 4.78 is 41.3. The van der Waals surface area contributed by atoms with Gasteiger partial charge >= 0.3 is 0 Å². The van der Waals surface area contributed by atoms with E-state index in [-0.39, 0.29) is 34.0 Å². The third-order valence-corrected chi connectivity index (χ3v) is 5.52. The van der Waals surface area contributed by atoms with E-state index in [2.05, 4.69) is 0 Å². The van der Waals surface area contributed by atoms with E-state index < -0.39 is 15.8 Å². The zero-order chi connectivity index (χ0) is 15.8. The minimum absolute atomic E-state index is 0.0305. The van der Waals surface area contributed by atoms with Gasteiger partial charge in [-0.2, -0.15) is 4.31 Å². The monoisotopic (exact) mass is 334 g/mol. The molecule has 1 aromatic carbocycles. The predicted octanol–water partition coefficient (Wildman–Crippen LogP) is 2.75. The lowest BCUT2D eigenvalue weighted by Gasteiger charge is -2.24. The normalized spacial score (nSPS) is 16.0. The molecule has 0 heterocycles. The second kappa shape index (κ2) is 6.20. The summed E-state index contributed by atoms with van der Waals surface area (Å²) in [5.74, 6) is -0.632. The highest BCUT2D eigenvalue weighted by molar-refractivity contribution is 7.89. The van der Waals surface area contributed by atoms with Crippen LogP contribution < -0.4 is 5.73 Å². The fourth-order valence-electron chi connectivity index (χ4n) is 2.25. The highest BCUT2D eigenvalue weighted by atomic mass is 35.5. The zero-order valence-electron chi connectivity index (χ0n) is 12.1. The Hall–Kier alpha value is -0.690. The molecule has 0 atom stereocenters. The smallest absolute Gasteiger partial charge is 0.246 e. The van der Waals surface area contributed by atoms with Crippen molar-refractivity contribution in [2.75, 3.05) is 6.54 Å². The van der Waals surface area contributed by atoms with E-state index in [4.69, 9.17) is 17.3 Å². The van der Waals surface area contributed by atoms with Crippen molar-refractivity contribution in [3.8, 4) is 0 Å². The van der Waals surface area contributed by atoms with Gasteiger partial charge in [-0.15, -0.1) is 0 Å². The first-order chi connectivity index (χ1) is 9.77. The molecular weight excluding hydrogens is 315 g/mol. The molecule has 0 unspecified atom stereocenters. The minimum atomic E-state index is -3.90. The lowest BCUT2D eigenvalue weighted by atomic mass is 10.2. The SMILES string of the molecule is CC(C)CN(C1CC1)S(=O)(=O)c1cc(Cl)cc(CN)c1F. The van der Waals surface area contributed by atoms with E-state index >= 15 is 0 Å². The molecule has 1 aliphatic carbocycles. The van der Waals surface area contributed by atoms with Crippen LogP contribution in [0.25, 0.3) is 0 Å². The van der Waals surface area contributed by atoms with E-state index in [0.717, 1.165) is 12.8 Å². The summed E-state index contributed by atoms with van der Waals surface area (Å²) in [6.07, 6.45) is 1.63. The number of hydrogen-bond donors (Lipinski definition) is 1. The third-order valence-electron chi connectivity index (χ3n) is 3.39. The fraction of sp³-hybridized carbons (Fsp3) is 0.571. The molecule has 118 valence electrons. The molecule has 4 nitrogen and oxygen atoms in total. The Morgan fingerprint density at radius 3 is 2.52 bits per heavy atom. The second-order valence-electron chi connectivity index (χ2n) is 5.78. The summed E-state index contributed by atoms with van der Waals surface area (Å²) >= 11 is 5.91. The van der Waals surface area contributed by atoms with E-state index in [0.29, 0.717) is 6.54 Å². The number of sulfonamides is 1. The van der Waals surface area contributed by atoms with Gasteiger partial charge in [0.25, 0.3) is 0 Å². The van der Waals surface area contributed by atoms with Crippen LogP contribution in [0.1, 0.15) is 32.3 Å². The Labute approximate surface area is 130 Å². The Morgan fingerprint density at radius 1 is 1.43 bits per heavy atom. The van der Waals surface area contributed by atoms with Crippen molar-refractivity contribution in [2.45, 2.75) is 44.2 Å². The number of rotatable bonds is 6. The number of halogens is 2. The van der Waals surface area contributed by atoms with Crippen molar-refractivity contribution in [1.29, 1.82) is 0 Å². The van der Waals surface area contributed by atoms with Crippen molar-refractivity contribution in [3.05, 3.63) is 28.5 Å². The molecule has 1 aliphatic rings. The summed E-state index contributed by atoms with van der Waals surface area (Å²) in [4.78, 5) is -0.372. The maximum atomic E-state index is 14.4. The Kier molecular flexibility index (Phi) is 4.92. The number of nitrogens with two attached hydrogens (primary N) is 1. The quantitative estimate of drug-likeness (QED) is 0.870. The van der Waals surface area contributed by atoms with Crippen molar-refractivity contribution in [1.82, 2.24) is 4.31 Å². The Bertz CT molecular complexity index is 630. The molecule has 2 rings (SSSR count). The summed E-state index contributed by atoms with van der Waals surface area (Å²) in [6, 6.07) is 2.50. The van der Waals surface area contributed by atoms with Crippen LogP contribution in [0, 0.1) is 11.7 Å². The summed E-state index contributed by atoms with van der Waals surface area (Å²) in [7, 11) is -3.90. The largest absolute Gasteiger partial charge is 0.326 e. The van der Waals surface area contributed by atoms with Crippen molar-refractivity contribution in [3.63, 3.8) is 0 Å². The molecule has 0 amide bonds. The molecule has 0 aromatic heterocycles. The van der Waals surface area contributed by atoms with Crippen LogP contribution in [-0.4, -0.2) is 25.3 Å². The summed E-state index contributed by atoms with van der Waals surface area (Å²) in [6.45, 7) is 4.15. The fourth-order valence-corrected chi connectivity index (χ4v) is 4.54. The highest BCUT2D eigenvalue weighted by Gasteiger charge is 2.39. The number of hydrogen-bond acceptors (Lipinski definition) is 3. The molecule has 7 heteroatoms. The molecule has 0 aliphatic heterocycles. The van der Waals surface area contributed by atoms with Gasteiger partial charge in [0.15, 0.2) is 0 Å². The van der Waals surface area contributed by atoms with Crippen LogP contribution in [0.15, 0.2) is 17.0 Å². The van der Waals surface area contributed by atoms with Gasteiger partial charge in [-0.25, -0.2) is 12.8 Å². The van der Waals surface area contributed by atoms with E-state index in [9.17, 15) is 12.8 Å². The first-order valence-electron chi connectivity index (χ1n) is 6.97. The maximum Gasteiger partial charge on any atom is 0.246 e. The van der Waals surface area contributed by atoms with Crippen molar-refractivity contribution < 1.29 is 12.8 Å². The van der Waals surface area contributed by atoms with Crippen LogP contribution >= 0.6 is 11.6 Å². The molecule has 21 heavy (non-hydrogen) atoms. The van der Waals surface area contributed by atoms with E-state index in [1.54, 1.807) is 0 Å². The van der Waals surface area contributed by atoms with E-state index in [1.165, 1.54) is 16.4 Å². The van der Waals surface area contributed by atoms with Crippen molar-refractivity contribution >= 4 is 21.6 Å². The molecule has 0 saturated heterocycles. The van der Waals surface area contributed by atoms with Crippen LogP contribution in [0.5, 0.6) is 0 Å². The standard InChI is InChI=1S/C14H20ClFN2O2S/c1-9(2)8-18(12-3-4-12)21(19,20)13-6-11(15)5-10(7-17)14(13)16/h5-6,9,12H,3-4,7-8,17H2,1-2H3. The van der Waals surface area contributed by atoms with Crippen molar-refractivity contribution in [2.24, 2.45) is 11.7 Å². The van der Waals surface area contributed by atoms with Gasteiger partial charge in [0, 0.05) is 29.7 Å². The van der Waals surface area contributed by atoms with Crippen LogP contribution in [0.2, 0.25) is 5.02 Å². The number of nitrogens with zero attached hydrogens (tertiary/aromatic N) is 1. The second-order valence-corrected chi connectivity index (χ2v) is 8.08. The van der Waals surface area contributed by atoms with Gasteiger partial charge in [-0.1, -0.05) is 25.4 Å². The van der Waals surface area contributed by atoms with Gasteiger partial charge in [0.05, 0.1) is 0 Å².